The minimum atomic E-state index is -1.53. The van der Waals surface area contributed by atoms with E-state index >= 15 is 0 Å². The molecule has 0 aromatic carbocycles. The van der Waals surface area contributed by atoms with E-state index in [1.54, 1.807) is 0 Å². The molecule has 0 heterocycles. The number of aliphatic hydroxyl groups excluding tert-OH is 1. The molecule has 0 rings (SSSR count). The fourth-order valence-electron chi connectivity index (χ4n) is 3.16. The van der Waals surface area contributed by atoms with Crippen LogP contribution in [0.5, 0.6) is 0 Å². The molecule has 0 saturated carbocycles. The molecule has 0 aromatic heterocycles. The van der Waals surface area contributed by atoms with E-state index in [-0.39, 0.29) is 63.5 Å². The summed E-state index contributed by atoms with van der Waals surface area (Å²) in [6.45, 7) is 1.47. The fraction of sp³-hybridized carbons (Fsp3) is 0.667. The summed E-state index contributed by atoms with van der Waals surface area (Å²) in [5.41, 5.74) is 31.8. The van der Waals surface area contributed by atoms with Crippen LogP contribution in [0.4, 0.5) is 0 Å². The summed E-state index contributed by atoms with van der Waals surface area (Å²) in [7, 11) is 0. The number of primary amides is 1. The topological polar surface area (TPSA) is 343 Å². The smallest absolute Gasteiger partial charge is 0.326 e. The highest BCUT2D eigenvalue weighted by Gasteiger charge is 2.32. The first-order valence-electron chi connectivity index (χ1n) is 12.1. The van der Waals surface area contributed by atoms with Gasteiger partial charge in [-0.05, 0) is 39.0 Å². The minimum Gasteiger partial charge on any atom is -0.480 e. The molecular formula is C21H41N11O7. The van der Waals surface area contributed by atoms with Gasteiger partial charge in [0.1, 0.15) is 18.1 Å². The third-order valence-corrected chi connectivity index (χ3v) is 5.24. The summed E-state index contributed by atoms with van der Waals surface area (Å²) in [6, 6.07) is -5.33. The number of aliphatic imine (C=N–C) groups is 2. The Bertz CT molecular complexity index is 903. The molecule has 5 atom stereocenters. The van der Waals surface area contributed by atoms with Crippen LogP contribution in [0.1, 0.15) is 45.4 Å². The van der Waals surface area contributed by atoms with Gasteiger partial charge in [0.25, 0.3) is 0 Å². The normalized spacial score (nSPS) is 14.4. The highest BCUT2D eigenvalue weighted by atomic mass is 16.4. The van der Waals surface area contributed by atoms with Crippen LogP contribution >= 0.6 is 0 Å². The van der Waals surface area contributed by atoms with Crippen LogP contribution in [0.2, 0.25) is 0 Å². The highest BCUT2D eigenvalue weighted by molar-refractivity contribution is 5.94. The number of carboxylic acid groups (broad SMARTS) is 1. The Morgan fingerprint density at radius 3 is 1.67 bits per heavy atom. The van der Waals surface area contributed by atoms with E-state index in [0.29, 0.717) is 0 Å². The lowest BCUT2D eigenvalue weighted by atomic mass is 10.1. The molecule has 0 aliphatic carbocycles. The molecule has 0 radical (unpaired) electrons. The number of hydrogen-bond donors (Lipinski definition) is 11. The number of carboxylic acids is 1. The summed E-state index contributed by atoms with van der Waals surface area (Å²) < 4.78 is 0. The Hall–Kier alpha value is -4.19. The lowest BCUT2D eigenvalue weighted by molar-refractivity contribution is -0.142. The number of carbonyl (C=O) groups excluding carboxylic acids is 4. The van der Waals surface area contributed by atoms with Crippen molar-refractivity contribution in [1.82, 2.24) is 16.0 Å². The van der Waals surface area contributed by atoms with E-state index in [9.17, 15) is 34.2 Å². The van der Waals surface area contributed by atoms with Crippen LogP contribution in [-0.2, 0) is 24.0 Å². The molecule has 0 fully saturated rings. The minimum absolute atomic E-state index is 0.0118. The Morgan fingerprint density at radius 1 is 0.744 bits per heavy atom. The number of nitrogens with two attached hydrogens (primary N) is 6. The first kappa shape index (κ1) is 34.8. The molecule has 17 N–H and O–H groups in total. The van der Waals surface area contributed by atoms with Crippen molar-refractivity contribution in [1.29, 1.82) is 0 Å². The molecular weight excluding hydrogens is 518 g/mol. The van der Waals surface area contributed by atoms with Crippen molar-refractivity contribution < 1.29 is 34.2 Å². The first-order valence-corrected chi connectivity index (χ1v) is 12.1. The second-order valence-corrected chi connectivity index (χ2v) is 8.70. The molecule has 0 saturated heterocycles. The third-order valence-electron chi connectivity index (χ3n) is 5.24. The van der Waals surface area contributed by atoms with Crippen molar-refractivity contribution in [2.45, 2.75) is 75.7 Å². The number of guanidine groups is 2. The highest BCUT2D eigenvalue weighted by Crippen LogP contribution is 2.06. The Morgan fingerprint density at radius 2 is 1.23 bits per heavy atom. The second-order valence-electron chi connectivity index (χ2n) is 8.70. The molecule has 39 heavy (non-hydrogen) atoms. The quantitative estimate of drug-likeness (QED) is 0.0401. The molecule has 222 valence electrons. The van der Waals surface area contributed by atoms with Crippen molar-refractivity contribution in [3.63, 3.8) is 0 Å². The third kappa shape index (κ3) is 15.6. The van der Waals surface area contributed by atoms with Crippen LogP contribution in [-0.4, -0.2) is 95.1 Å². The standard InChI is InChI=1S/C21H41N11O7/c1-10(33)15(32-16(35)11(22)6-7-14(23)34)18(37)30-12(4-2-8-28-20(24)25)17(36)31-13(19(38)39)5-3-9-29-21(26)27/h10-13,15,33H,2-9,22H2,1H3,(H2,23,34)(H,30,37)(H,31,36)(H,32,35)(H,38,39)(H4,24,25,28)(H4,26,27,29). The SMILES string of the molecule is CC(O)C(NC(=O)C(N)CCC(N)=O)C(=O)NC(CCCN=C(N)N)C(=O)NC(CCCN=C(N)N)C(=O)O. The second kappa shape index (κ2) is 18.1. The lowest BCUT2D eigenvalue weighted by Crippen LogP contribution is -2.59. The number of aliphatic carboxylic acids is 1. The average Bonchev–Trinajstić information content (AvgIpc) is 2.83. The summed E-state index contributed by atoms with van der Waals surface area (Å²) >= 11 is 0. The molecule has 0 bridgehead atoms. The van der Waals surface area contributed by atoms with E-state index in [0.717, 1.165) is 0 Å². The monoisotopic (exact) mass is 559 g/mol. The molecule has 18 heteroatoms. The van der Waals surface area contributed by atoms with E-state index in [1.165, 1.54) is 6.92 Å². The van der Waals surface area contributed by atoms with E-state index in [1.807, 2.05) is 0 Å². The van der Waals surface area contributed by atoms with Crippen molar-refractivity contribution in [2.24, 2.45) is 44.4 Å². The van der Waals surface area contributed by atoms with Crippen molar-refractivity contribution in [3.05, 3.63) is 0 Å². The number of carbonyl (C=O) groups is 5. The van der Waals surface area contributed by atoms with Gasteiger partial charge in [-0.25, -0.2) is 4.79 Å². The van der Waals surface area contributed by atoms with Gasteiger partial charge in [-0.1, -0.05) is 0 Å². The zero-order valence-corrected chi connectivity index (χ0v) is 21.8. The van der Waals surface area contributed by atoms with Gasteiger partial charge in [-0.3, -0.25) is 29.2 Å². The van der Waals surface area contributed by atoms with Crippen LogP contribution < -0.4 is 50.4 Å². The Kier molecular flexibility index (Phi) is 16.2. The largest absolute Gasteiger partial charge is 0.480 e. The van der Waals surface area contributed by atoms with Gasteiger partial charge in [0.15, 0.2) is 11.9 Å². The van der Waals surface area contributed by atoms with Gasteiger partial charge in [-0.2, -0.15) is 0 Å². The van der Waals surface area contributed by atoms with Gasteiger partial charge in [0, 0.05) is 19.5 Å². The van der Waals surface area contributed by atoms with Gasteiger partial charge < -0.3 is 60.6 Å². The maximum absolute atomic E-state index is 13.0. The number of rotatable bonds is 19. The molecule has 4 amide bonds. The summed E-state index contributed by atoms with van der Waals surface area (Å²) in [4.78, 5) is 68.5. The van der Waals surface area contributed by atoms with Crippen molar-refractivity contribution >= 4 is 41.5 Å². The van der Waals surface area contributed by atoms with Crippen molar-refractivity contribution in [2.75, 3.05) is 13.1 Å². The molecule has 5 unspecified atom stereocenters. The number of nitrogens with zero attached hydrogens (tertiary/aromatic N) is 2. The van der Waals surface area contributed by atoms with Gasteiger partial charge in [0.05, 0.1) is 12.1 Å². The van der Waals surface area contributed by atoms with Crippen LogP contribution in [0.3, 0.4) is 0 Å². The van der Waals surface area contributed by atoms with E-state index in [2.05, 4.69) is 25.9 Å². The zero-order chi connectivity index (χ0) is 30.1. The maximum Gasteiger partial charge on any atom is 0.326 e. The number of hydrogen-bond acceptors (Lipinski definition) is 9. The summed E-state index contributed by atoms with van der Waals surface area (Å²) in [5.74, 6) is -4.96. The number of aliphatic hydroxyl groups is 1. The summed E-state index contributed by atoms with van der Waals surface area (Å²) in [6.07, 6.45) is -1.26. The molecule has 0 aromatic rings. The first-order chi connectivity index (χ1) is 18.1. The van der Waals surface area contributed by atoms with Crippen molar-refractivity contribution in [3.8, 4) is 0 Å². The Balaban J connectivity index is 5.56. The fourth-order valence-corrected chi connectivity index (χ4v) is 3.16. The average molecular weight is 560 g/mol. The predicted molar refractivity (Wildman–Crippen MR) is 141 cm³/mol. The Labute approximate surface area is 225 Å². The predicted octanol–water partition coefficient (Wildman–Crippen LogP) is -5.39. The molecule has 0 spiro atoms. The van der Waals surface area contributed by atoms with E-state index in [4.69, 9.17) is 34.4 Å². The maximum atomic E-state index is 13.0. The molecule has 0 aliphatic rings. The van der Waals surface area contributed by atoms with Gasteiger partial charge in [-0.15, -0.1) is 0 Å². The molecule has 18 nitrogen and oxygen atoms in total. The number of amides is 4. The van der Waals surface area contributed by atoms with E-state index < -0.39 is 59.9 Å². The number of nitrogens with one attached hydrogen (secondary N) is 3. The van der Waals surface area contributed by atoms with Crippen LogP contribution in [0.25, 0.3) is 0 Å². The zero-order valence-electron chi connectivity index (χ0n) is 21.8. The van der Waals surface area contributed by atoms with Gasteiger partial charge >= 0.3 is 5.97 Å². The van der Waals surface area contributed by atoms with Crippen LogP contribution in [0, 0.1) is 0 Å². The lowest BCUT2D eigenvalue weighted by Gasteiger charge is -2.26. The molecule has 0 aliphatic heterocycles. The summed E-state index contributed by atoms with van der Waals surface area (Å²) in [5, 5.41) is 26.6. The van der Waals surface area contributed by atoms with Crippen LogP contribution in [0.15, 0.2) is 9.98 Å². The van der Waals surface area contributed by atoms with Gasteiger partial charge in [0.2, 0.25) is 23.6 Å².